The van der Waals surface area contributed by atoms with Crippen LogP contribution in [-0.4, -0.2) is 15.9 Å². The number of amides is 1. The molecule has 4 nitrogen and oxygen atoms in total. The maximum Gasteiger partial charge on any atom is 0.267 e. The number of nitrogens with two attached hydrogens (primary N) is 1. The van der Waals surface area contributed by atoms with E-state index in [0.717, 1.165) is 5.01 Å². The quantitative estimate of drug-likeness (QED) is 0.855. The lowest BCUT2D eigenvalue weighted by atomic mass is 10.2. The molecule has 2 rings (SSSR count). The van der Waals surface area contributed by atoms with Crippen LogP contribution < -0.4 is 11.1 Å². The molecule has 7 heteroatoms. The minimum Gasteiger partial charge on any atom is -0.389 e. The van der Waals surface area contributed by atoms with Gasteiger partial charge < -0.3 is 11.1 Å². The van der Waals surface area contributed by atoms with E-state index >= 15 is 0 Å². The molecule has 0 spiro atoms. The third-order valence-electron chi connectivity index (χ3n) is 2.34. The summed E-state index contributed by atoms with van der Waals surface area (Å²) in [4.78, 5) is 16.8. The number of aryl methyl sites for hydroxylation is 1. The molecule has 0 saturated heterocycles. The number of carbonyl (C=O) groups is 1. The summed E-state index contributed by atoms with van der Waals surface area (Å²) < 4.78 is 0. The number of hydrogen-bond acceptors (Lipinski definition) is 4. The van der Waals surface area contributed by atoms with E-state index in [1.165, 1.54) is 17.5 Å². The maximum atomic E-state index is 12.0. The molecule has 0 fully saturated rings. The van der Waals surface area contributed by atoms with Gasteiger partial charge in [0.25, 0.3) is 5.91 Å². The first-order chi connectivity index (χ1) is 8.97. The van der Waals surface area contributed by atoms with Crippen molar-refractivity contribution >= 4 is 51.7 Å². The van der Waals surface area contributed by atoms with Crippen LogP contribution in [0.4, 0.5) is 5.69 Å². The number of aromatic nitrogens is 1. The largest absolute Gasteiger partial charge is 0.389 e. The standard InChI is InChI=1S/C12H10ClN3OS2/c1-6-15-5-10(19-6)12(17)16-9-4-7(11(14)18)2-3-8(9)13/h2-5H,1H3,(H2,14,18)(H,16,17). The van der Waals surface area contributed by atoms with Crippen molar-refractivity contribution in [3.05, 3.63) is 44.9 Å². The zero-order valence-electron chi connectivity index (χ0n) is 9.94. The summed E-state index contributed by atoms with van der Waals surface area (Å²) in [7, 11) is 0. The molecule has 19 heavy (non-hydrogen) atoms. The Morgan fingerprint density at radius 2 is 2.26 bits per heavy atom. The number of thiocarbonyl (C=S) groups is 1. The number of rotatable bonds is 3. The zero-order valence-corrected chi connectivity index (χ0v) is 12.3. The number of benzene rings is 1. The molecule has 3 N–H and O–H groups in total. The lowest BCUT2D eigenvalue weighted by Gasteiger charge is -2.08. The molecule has 1 aromatic carbocycles. The van der Waals surface area contributed by atoms with E-state index in [1.807, 2.05) is 6.92 Å². The Kier molecular flexibility index (Phi) is 4.14. The number of carbonyl (C=O) groups excluding carboxylic acids is 1. The lowest BCUT2D eigenvalue weighted by molar-refractivity contribution is 0.103. The predicted octanol–water partition coefficient (Wildman–Crippen LogP) is 2.99. The fourth-order valence-corrected chi connectivity index (χ4v) is 2.39. The molecule has 0 radical (unpaired) electrons. The van der Waals surface area contributed by atoms with Crippen LogP contribution in [-0.2, 0) is 0 Å². The number of anilines is 1. The van der Waals surface area contributed by atoms with Gasteiger partial charge in [0.05, 0.1) is 21.9 Å². The molecule has 98 valence electrons. The van der Waals surface area contributed by atoms with Gasteiger partial charge in [-0.1, -0.05) is 29.9 Å². The van der Waals surface area contributed by atoms with Gasteiger partial charge in [-0.25, -0.2) is 4.98 Å². The number of nitrogens with one attached hydrogen (secondary N) is 1. The van der Waals surface area contributed by atoms with Crippen molar-refractivity contribution in [2.75, 3.05) is 5.32 Å². The molecule has 1 aromatic heterocycles. The SMILES string of the molecule is Cc1ncc(C(=O)Nc2cc(C(N)=S)ccc2Cl)s1. The highest BCUT2D eigenvalue weighted by Crippen LogP contribution is 2.24. The Hall–Kier alpha value is -1.50. The van der Waals surface area contributed by atoms with Gasteiger partial charge in [0.2, 0.25) is 0 Å². The third-order valence-corrected chi connectivity index (χ3v) is 3.82. The second kappa shape index (κ2) is 5.64. The van der Waals surface area contributed by atoms with Gasteiger partial charge in [0.1, 0.15) is 9.87 Å². The van der Waals surface area contributed by atoms with Crippen LogP contribution >= 0.6 is 35.2 Å². The number of hydrogen-bond donors (Lipinski definition) is 2. The Labute approximate surface area is 124 Å². The van der Waals surface area contributed by atoms with Gasteiger partial charge >= 0.3 is 0 Å². The van der Waals surface area contributed by atoms with Gasteiger partial charge in [-0.2, -0.15) is 0 Å². The maximum absolute atomic E-state index is 12.0. The van der Waals surface area contributed by atoms with Crippen LogP contribution in [0.1, 0.15) is 20.2 Å². The molecule has 0 aliphatic rings. The molecular weight excluding hydrogens is 302 g/mol. The van der Waals surface area contributed by atoms with E-state index in [1.54, 1.807) is 18.2 Å². The Morgan fingerprint density at radius 3 is 2.84 bits per heavy atom. The first-order valence-electron chi connectivity index (χ1n) is 5.30. The zero-order chi connectivity index (χ0) is 14.0. The van der Waals surface area contributed by atoms with Crippen LogP contribution in [0.25, 0.3) is 0 Å². The van der Waals surface area contributed by atoms with E-state index < -0.39 is 0 Å². The Balaban J connectivity index is 2.25. The van der Waals surface area contributed by atoms with Gasteiger partial charge in [-0.15, -0.1) is 11.3 Å². The van der Waals surface area contributed by atoms with E-state index in [4.69, 9.17) is 29.6 Å². The van der Waals surface area contributed by atoms with Crippen molar-refractivity contribution in [1.29, 1.82) is 0 Å². The fraction of sp³-hybridized carbons (Fsp3) is 0.0833. The van der Waals surface area contributed by atoms with Gasteiger partial charge in [-0.05, 0) is 19.1 Å². The molecule has 2 aromatic rings. The first-order valence-corrected chi connectivity index (χ1v) is 6.91. The molecule has 1 heterocycles. The summed E-state index contributed by atoms with van der Waals surface area (Å²) >= 11 is 12.2. The highest BCUT2D eigenvalue weighted by molar-refractivity contribution is 7.80. The Morgan fingerprint density at radius 1 is 1.53 bits per heavy atom. The van der Waals surface area contributed by atoms with Crippen molar-refractivity contribution in [2.24, 2.45) is 5.73 Å². The minimum absolute atomic E-state index is 0.251. The average molecular weight is 312 g/mol. The summed E-state index contributed by atoms with van der Waals surface area (Å²) in [5, 5.41) is 3.97. The monoisotopic (exact) mass is 311 g/mol. The molecule has 0 saturated carbocycles. The second-order valence-corrected chi connectivity index (χ2v) is 5.84. The second-order valence-electron chi connectivity index (χ2n) is 3.76. The molecule has 0 bridgehead atoms. The van der Waals surface area contributed by atoms with Crippen molar-refractivity contribution in [2.45, 2.75) is 6.92 Å². The van der Waals surface area contributed by atoms with E-state index in [-0.39, 0.29) is 10.9 Å². The number of nitrogens with zero attached hydrogens (tertiary/aromatic N) is 1. The molecule has 0 aliphatic heterocycles. The first kappa shape index (κ1) is 13.9. The van der Waals surface area contributed by atoms with Crippen LogP contribution in [0.2, 0.25) is 5.02 Å². The molecule has 1 amide bonds. The normalized spacial score (nSPS) is 10.2. The highest BCUT2D eigenvalue weighted by Gasteiger charge is 2.12. The topological polar surface area (TPSA) is 68.0 Å². The van der Waals surface area contributed by atoms with Gasteiger partial charge in [0.15, 0.2) is 0 Å². The van der Waals surface area contributed by atoms with Crippen LogP contribution in [0.3, 0.4) is 0 Å². The van der Waals surface area contributed by atoms with Crippen LogP contribution in [0.15, 0.2) is 24.4 Å². The minimum atomic E-state index is -0.257. The summed E-state index contributed by atoms with van der Waals surface area (Å²) in [6.45, 7) is 1.84. The van der Waals surface area contributed by atoms with Gasteiger partial charge in [0, 0.05) is 5.56 Å². The molecule has 0 atom stereocenters. The summed E-state index contributed by atoms with van der Waals surface area (Å²) in [5.41, 5.74) is 6.67. The fourth-order valence-electron chi connectivity index (χ4n) is 1.42. The van der Waals surface area contributed by atoms with Crippen molar-refractivity contribution in [3.8, 4) is 0 Å². The molecule has 0 aliphatic carbocycles. The van der Waals surface area contributed by atoms with Crippen LogP contribution in [0.5, 0.6) is 0 Å². The van der Waals surface area contributed by atoms with Crippen molar-refractivity contribution in [3.63, 3.8) is 0 Å². The number of halogens is 1. The predicted molar refractivity (Wildman–Crippen MR) is 82.1 cm³/mol. The van der Waals surface area contributed by atoms with Crippen molar-refractivity contribution in [1.82, 2.24) is 4.98 Å². The van der Waals surface area contributed by atoms with Gasteiger partial charge in [-0.3, -0.25) is 4.79 Å². The van der Waals surface area contributed by atoms with E-state index in [9.17, 15) is 4.79 Å². The molecule has 0 unspecified atom stereocenters. The Bertz CT molecular complexity index is 654. The smallest absolute Gasteiger partial charge is 0.267 e. The lowest BCUT2D eigenvalue weighted by Crippen LogP contribution is -2.13. The van der Waals surface area contributed by atoms with E-state index in [2.05, 4.69) is 10.3 Å². The van der Waals surface area contributed by atoms with E-state index in [0.29, 0.717) is 21.2 Å². The average Bonchev–Trinajstić information content (AvgIpc) is 2.78. The third kappa shape index (κ3) is 3.28. The summed E-state index contributed by atoms with van der Waals surface area (Å²) in [6, 6.07) is 5.00. The van der Waals surface area contributed by atoms with Crippen LogP contribution in [0, 0.1) is 6.92 Å². The number of thiazole rings is 1. The van der Waals surface area contributed by atoms with Crippen molar-refractivity contribution < 1.29 is 4.79 Å². The summed E-state index contributed by atoms with van der Waals surface area (Å²) in [6.07, 6.45) is 1.53. The highest BCUT2D eigenvalue weighted by atomic mass is 35.5. The summed E-state index contributed by atoms with van der Waals surface area (Å²) in [5.74, 6) is -0.257. The molecular formula is C12H10ClN3OS2.